The Hall–Kier alpha value is -2.69. The predicted molar refractivity (Wildman–Crippen MR) is 74.2 cm³/mol. The predicted octanol–water partition coefficient (Wildman–Crippen LogP) is 1.95. The molecule has 2 aromatic rings. The summed E-state index contributed by atoms with van der Waals surface area (Å²) in [4.78, 5) is 26.7. The molecule has 2 N–H and O–H groups in total. The maximum atomic E-state index is 11.8. The first-order valence-corrected chi connectivity index (χ1v) is 6.13. The highest BCUT2D eigenvalue weighted by molar-refractivity contribution is 5.96. The molecule has 0 saturated heterocycles. The van der Waals surface area contributed by atoms with Gasteiger partial charge < -0.3 is 10.4 Å². The number of nitrogens with one attached hydrogen (secondary N) is 1. The Morgan fingerprint density at radius 2 is 1.85 bits per heavy atom. The van der Waals surface area contributed by atoms with Gasteiger partial charge in [-0.2, -0.15) is 0 Å². The van der Waals surface area contributed by atoms with E-state index in [0.29, 0.717) is 5.56 Å². The first-order chi connectivity index (χ1) is 9.58. The van der Waals surface area contributed by atoms with Crippen LogP contribution < -0.4 is 5.32 Å². The number of amides is 1. The number of pyridine rings is 1. The fraction of sp³-hybridized carbons (Fsp3) is 0.133. The van der Waals surface area contributed by atoms with Crippen molar-refractivity contribution in [3.63, 3.8) is 0 Å². The van der Waals surface area contributed by atoms with Crippen LogP contribution in [0.5, 0.6) is 0 Å². The van der Waals surface area contributed by atoms with Crippen LogP contribution in [0.25, 0.3) is 11.3 Å². The molecule has 1 amide bonds. The SMILES string of the molecule is C[C@H](NC(=O)c1ccc(-c2ccccc2)nc1)C(=O)O. The highest BCUT2D eigenvalue weighted by Gasteiger charge is 2.15. The maximum Gasteiger partial charge on any atom is 0.325 e. The van der Waals surface area contributed by atoms with Gasteiger partial charge in [0, 0.05) is 11.8 Å². The van der Waals surface area contributed by atoms with Crippen molar-refractivity contribution in [1.82, 2.24) is 10.3 Å². The van der Waals surface area contributed by atoms with Gasteiger partial charge in [-0.1, -0.05) is 30.3 Å². The number of carboxylic acid groups (broad SMARTS) is 1. The van der Waals surface area contributed by atoms with E-state index in [2.05, 4.69) is 10.3 Å². The molecular formula is C15H14N2O3. The molecule has 0 aliphatic carbocycles. The maximum absolute atomic E-state index is 11.8. The second-order valence-corrected chi connectivity index (χ2v) is 4.33. The summed E-state index contributed by atoms with van der Waals surface area (Å²) in [5.41, 5.74) is 2.05. The Morgan fingerprint density at radius 3 is 2.40 bits per heavy atom. The monoisotopic (exact) mass is 270 g/mol. The van der Waals surface area contributed by atoms with E-state index >= 15 is 0 Å². The van der Waals surface area contributed by atoms with Crippen LogP contribution in [0.4, 0.5) is 0 Å². The molecule has 1 aromatic carbocycles. The number of rotatable bonds is 4. The molecule has 0 aliphatic rings. The minimum absolute atomic E-state index is 0.331. The van der Waals surface area contributed by atoms with E-state index in [9.17, 15) is 9.59 Å². The molecular weight excluding hydrogens is 256 g/mol. The summed E-state index contributed by atoms with van der Waals surface area (Å²) in [7, 11) is 0. The average Bonchev–Trinajstić information content (AvgIpc) is 2.48. The number of hydrogen-bond acceptors (Lipinski definition) is 3. The molecule has 20 heavy (non-hydrogen) atoms. The molecule has 1 heterocycles. The van der Waals surface area contributed by atoms with Crippen LogP contribution in [0.1, 0.15) is 17.3 Å². The Bertz CT molecular complexity index is 609. The largest absolute Gasteiger partial charge is 0.480 e. The van der Waals surface area contributed by atoms with Crippen LogP contribution in [0.3, 0.4) is 0 Å². The summed E-state index contributed by atoms with van der Waals surface area (Å²) in [5.74, 6) is -1.53. The van der Waals surface area contributed by atoms with Crippen molar-refractivity contribution in [3.8, 4) is 11.3 Å². The Balaban J connectivity index is 2.12. The highest BCUT2D eigenvalue weighted by Crippen LogP contribution is 2.16. The summed E-state index contributed by atoms with van der Waals surface area (Å²) in [5, 5.41) is 11.1. The molecule has 0 aliphatic heterocycles. The third-order valence-electron chi connectivity index (χ3n) is 2.81. The molecule has 2 rings (SSSR count). The minimum atomic E-state index is -1.08. The van der Waals surface area contributed by atoms with Crippen molar-refractivity contribution in [2.24, 2.45) is 0 Å². The number of carbonyl (C=O) groups is 2. The third kappa shape index (κ3) is 3.20. The molecule has 0 radical (unpaired) electrons. The van der Waals surface area contributed by atoms with Gasteiger partial charge in [0.25, 0.3) is 5.91 Å². The van der Waals surface area contributed by atoms with E-state index in [4.69, 9.17) is 5.11 Å². The standard InChI is InChI=1S/C15H14N2O3/c1-10(15(19)20)17-14(18)12-7-8-13(16-9-12)11-5-3-2-4-6-11/h2-10H,1H3,(H,17,18)(H,19,20)/t10-/m0/s1. The number of aromatic nitrogens is 1. The minimum Gasteiger partial charge on any atom is -0.480 e. The third-order valence-corrected chi connectivity index (χ3v) is 2.81. The summed E-state index contributed by atoms with van der Waals surface area (Å²) in [6.07, 6.45) is 1.44. The fourth-order valence-corrected chi connectivity index (χ4v) is 1.65. The Kier molecular flexibility index (Phi) is 4.10. The molecule has 5 heteroatoms. The lowest BCUT2D eigenvalue weighted by Gasteiger charge is -2.09. The highest BCUT2D eigenvalue weighted by atomic mass is 16.4. The number of benzene rings is 1. The molecule has 0 fully saturated rings. The van der Waals surface area contributed by atoms with E-state index in [1.54, 1.807) is 12.1 Å². The van der Waals surface area contributed by atoms with Gasteiger partial charge in [-0.05, 0) is 19.1 Å². The van der Waals surface area contributed by atoms with E-state index in [0.717, 1.165) is 11.3 Å². The summed E-state index contributed by atoms with van der Waals surface area (Å²) in [6, 6.07) is 12.0. The molecule has 1 atom stereocenters. The lowest BCUT2D eigenvalue weighted by atomic mass is 10.1. The van der Waals surface area contributed by atoms with E-state index in [1.165, 1.54) is 13.1 Å². The van der Waals surface area contributed by atoms with Gasteiger partial charge in [-0.25, -0.2) is 0 Å². The van der Waals surface area contributed by atoms with E-state index in [1.807, 2.05) is 30.3 Å². The zero-order valence-electron chi connectivity index (χ0n) is 10.9. The van der Waals surface area contributed by atoms with Crippen LogP contribution in [0.15, 0.2) is 48.7 Å². The molecule has 0 bridgehead atoms. The Labute approximate surface area is 116 Å². The smallest absolute Gasteiger partial charge is 0.325 e. The number of carboxylic acids is 1. The van der Waals surface area contributed by atoms with Crippen molar-refractivity contribution in [3.05, 3.63) is 54.2 Å². The van der Waals surface area contributed by atoms with Gasteiger partial charge in [0.1, 0.15) is 6.04 Å². The summed E-state index contributed by atoms with van der Waals surface area (Å²) < 4.78 is 0. The number of hydrogen-bond donors (Lipinski definition) is 2. The summed E-state index contributed by atoms with van der Waals surface area (Å²) >= 11 is 0. The number of carbonyl (C=O) groups excluding carboxylic acids is 1. The number of aliphatic carboxylic acids is 1. The van der Waals surface area contributed by atoms with Gasteiger partial charge in [0.2, 0.25) is 0 Å². The van der Waals surface area contributed by atoms with Crippen LogP contribution in [-0.4, -0.2) is 28.0 Å². The van der Waals surface area contributed by atoms with Gasteiger partial charge in [-0.15, -0.1) is 0 Å². The van der Waals surface area contributed by atoms with Gasteiger partial charge in [-0.3, -0.25) is 14.6 Å². The summed E-state index contributed by atoms with van der Waals surface area (Å²) in [6.45, 7) is 1.41. The van der Waals surface area contributed by atoms with E-state index in [-0.39, 0.29) is 0 Å². The first-order valence-electron chi connectivity index (χ1n) is 6.13. The number of nitrogens with zero attached hydrogens (tertiary/aromatic N) is 1. The van der Waals surface area contributed by atoms with Crippen LogP contribution >= 0.6 is 0 Å². The quantitative estimate of drug-likeness (QED) is 0.890. The van der Waals surface area contributed by atoms with Gasteiger partial charge >= 0.3 is 5.97 Å². The fourth-order valence-electron chi connectivity index (χ4n) is 1.65. The zero-order chi connectivity index (χ0) is 14.5. The molecule has 0 spiro atoms. The molecule has 0 saturated carbocycles. The second-order valence-electron chi connectivity index (χ2n) is 4.33. The van der Waals surface area contributed by atoms with Crippen molar-refractivity contribution in [2.45, 2.75) is 13.0 Å². The Morgan fingerprint density at radius 1 is 1.15 bits per heavy atom. The average molecular weight is 270 g/mol. The van der Waals surface area contributed by atoms with E-state index < -0.39 is 17.9 Å². The van der Waals surface area contributed by atoms with Crippen molar-refractivity contribution in [1.29, 1.82) is 0 Å². The topological polar surface area (TPSA) is 79.3 Å². The lowest BCUT2D eigenvalue weighted by molar-refractivity contribution is -0.138. The lowest BCUT2D eigenvalue weighted by Crippen LogP contribution is -2.38. The van der Waals surface area contributed by atoms with Crippen molar-refractivity contribution in [2.75, 3.05) is 0 Å². The van der Waals surface area contributed by atoms with Crippen LogP contribution in [0, 0.1) is 0 Å². The van der Waals surface area contributed by atoms with Crippen LogP contribution in [-0.2, 0) is 4.79 Å². The van der Waals surface area contributed by atoms with Gasteiger partial charge in [0.15, 0.2) is 0 Å². The van der Waals surface area contributed by atoms with Crippen molar-refractivity contribution >= 4 is 11.9 Å². The second kappa shape index (κ2) is 5.97. The first kappa shape index (κ1) is 13.7. The molecule has 0 unspecified atom stereocenters. The van der Waals surface area contributed by atoms with Gasteiger partial charge in [0.05, 0.1) is 11.3 Å². The molecule has 102 valence electrons. The normalized spacial score (nSPS) is 11.7. The zero-order valence-corrected chi connectivity index (χ0v) is 10.9. The molecule has 5 nitrogen and oxygen atoms in total. The molecule has 1 aromatic heterocycles. The van der Waals surface area contributed by atoms with Crippen molar-refractivity contribution < 1.29 is 14.7 Å². The van der Waals surface area contributed by atoms with Crippen LogP contribution in [0.2, 0.25) is 0 Å².